The van der Waals surface area contributed by atoms with Crippen LogP contribution < -0.4 is 4.74 Å². The van der Waals surface area contributed by atoms with E-state index in [2.05, 4.69) is 4.98 Å². The quantitative estimate of drug-likeness (QED) is 0.508. The number of ketones is 1. The number of H-pyrrole nitrogens is 1. The maximum atomic E-state index is 12.7. The number of Topliss-reactive ketones (excluding diaryl/α,β-unsaturated/α-hetero) is 1. The Morgan fingerprint density at radius 2 is 1.72 bits per heavy atom. The SMILES string of the molecule is COC(=O)c1c(C)[nH]c(C(=O)C(C)OC(=O)C(C)Oc2ccc(Cl)cc2Cl)c1C. The number of hydrogen-bond acceptors (Lipinski definition) is 6. The van der Waals surface area contributed by atoms with E-state index in [9.17, 15) is 14.4 Å². The van der Waals surface area contributed by atoms with Crippen molar-refractivity contribution in [2.45, 2.75) is 39.9 Å². The first-order chi connectivity index (χ1) is 13.6. The molecule has 29 heavy (non-hydrogen) atoms. The van der Waals surface area contributed by atoms with Gasteiger partial charge in [0.25, 0.3) is 0 Å². The van der Waals surface area contributed by atoms with Crippen molar-refractivity contribution in [3.63, 3.8) is 0 Å². The van der Waals surface area contributed by atoms with Crippen molar-refractivity contribution in [2.75, 3.05) is 7.11 Å². The second-order valence-electron chi connectivity index (χ2n) is 6.39. The molecule has 0 spiro atoms. The average Bonchev–Trinajstić information content (AvgIpc) is 2.96. The highest BCUT2D eigenvalue weighted by Crippen LogP contribution is 2.28. The van der Waals surface area contributed by atoms with Crippen LogP contribution >= 0.6 is 23.2 Å². The van der Waals surface area contributed by atoms with E-state index in [1.165, 1.54) is 33.1 Å². The molecule has 0 fully saturated rings. The van der Waals surface area contributed by atoms with Crippen LogP contribution in [-0.2, 0) is 14.3 Å². The van der Waals surface area contributed by atoms with Gasteiger partial charge in [-0.1, -0.05) is 23.2 Å². The van der Waals surface area contributed by atoms with Crippen molar-refractivity contribution in [3.8, 4) is 5.75 Å². The number of carbonyl (C=O) groups excluding carboxylic acids is 3. The minimum absolute atomic E-state index is 0.178. The number of ether oxygens (including phenoxy) is 3. The number of esters is 2. The van der Waals surface area contributed by atoms with E-state index in [1.54, 1.807) is 19.9 Å². The molecule has 2 rings (SSSR count). The van der Waals surface area contributed by atoms with Crippen LogP contribution in [0.2, 0.25) is 10.0 Å². The lowest BCUT2D eigenvalue weighted by molar-refractivity contribution is -0.153. The maximum absolute atomic E-state index is 12.7. The molecular weight excluding hydrogens is 421 g/mol. The number of rotatable bonds is 7. The Morgan fingerprint density at radius 3 is 2.31 bits per heavy atom. The summed E-state index contributed by atoms with van der Waals surface area (Å²) < 4.78 is 15.5. The van der Waals surface area contributed by atoms with Gasteiger partial charge in [-0.05, 0) is 51.5 Å². The molecule has 7 nitrogen and oxygen atoms in total. The molecule has 0 radical (unpaired) electrons. The molecular formula is C20H21Cl2NO6. The number of nitrogens with one attached hydrogen (secondary N) is 1. The summed E-state index contributed by atoms with van der Waals surface area (Å²) in [6, 6.07) is 4.59. The van der Waals surface area contributed by atoms with Crippen molar-refractivity contribution >= 4 is 40.9 Å². The second kappa shape index (κ2) is 9.33. The predicted octanol–water partition coefficient (Wildman–Crippen LogP) is 4.31. The number of hydrogen-bond donors (Lipinski definition) is 1. The van der Waals surface area contributed by atoms with E-state index in [1.807, 2.05) is 0 Å². The monoisotopic (exact) mass is 441 g/mol. The van der Waals surface area contributed by atoms with Crippen LogP contribution in [-0.4, -0.2) is 42.0 Å². The highest BCUT2D eigenvalue weighted by Gasteiger charge is 2.29. The zero-order valence-corrected chi connectivity index (χ0v) is 18.1. The van der Waals surface area contributed by atoms with Crippen LogP contribution in [0.1, 0.15) is 46.0 Å². The van der Waals surface area contributed by atoms with Gasteiger partial charge in [-0.2, -0.15) is 0 Å². The Morgan fingerprint density at radius 1 is 1.07 bits per heavy atom. The topological polar surface area (TPSA) is 94.7 Å². The number of benzene rings is 1. The molecule has 0 aliphatic heterocycles. The number of carbonyl (C=O) groups is 3. The molecule has 9 heteroatoms. The largest absolute Gasteiger partial charge is 0.477 e. The van der Waals surface area contributed by atoms with Gasteiger partial charge in [0.1, 0.15) is 5.75 Å². The summed E-state index contributed by atoms with van der Waals surface area (Å²) in [5.74, 6) is -1.52. The number of methoxy groups -OCH3 is 1. The smallest absolute Gasteiger partial charge is 0.347 e. The van der Waals surface area contributed by atoms with Gasteiger partial charge < -0.3 is 19.2 Å². The van der Waals surface area contributed by atoms with Crippen molar-refractivity contribution in [3.05, 3.63) is 50.8 Å². The lowest BCUT2D eigenvalue weighted by Gasteiger charge is -2.18. The molecule has 0 aliphatic rings. The predicted molar refractivity (Wildman–Crippen MR) is 108 cm³/mol. The molecule has 2 aromatic rings. The fourth-order valence-electron chi connectivity index (χ4n) is 2.74. The first-order valence-electron chi connectivity index (χ1n) is 8.70. The van der Waals surface area contributed by atoms with Crippen LogP contribution in [0.25, 0.3) is 0 Å². The lowest BCUT2D eigenvalue weighted by atomic mass is 10.1. The summed E-state index contributed by atoms with van der Waals surface area (Å²) >= 11 is 11.9. The molecule has 1 aromatic carbocycles. The van der Waals surface area contributed by atoms with Crippen LogP contribution in [0.4, 0.5) is 0 Å². The van der Waals surface area contributed by atoms with Crippen LogP contribution in [0.3, 0.4) is 0 Å². The number of aryl methyl sites for hydroxylation is 1. The molecule has 0 saturated carbocycles. The molecule has 1 heterocycles. The summed E-state index contributed by atoms with van der Waals surface area (Å²) in [7, 11) is 1.26. The van der Waals surface area contributed by atoms with E-state index < -0.39 is 29.9 Å². The molecule has 156 valence electrons. The minimum atomic E-state index is -1.10. The normalized spacial score (nSPS) is 12.8. The third-order valence-corrected chi connectivity index (χ3v) is 4.80. The molecule has 0 amide bonds. The molecule has 1 N–H and O–H groups in total. The Labute approximate surface area is 178 Å². The van der Waals surface area contributed by atoms with Crippen molar-refractivity contribution in [1.82, 2.24) is 4.98 Å². The van der Waals surface area contributed by atoms with Gasteiger partial charge in [-0.15, -0.1) is 0 Å². The van der Waals surface area contributed by atoms with E-state index >= 15 is 0 Å². The fraction of sp³-hybridized carbons (Fsp3) is 0.350. The summed E-state index contributed by atoms with van der Waals surface area (Å²) in [5.41, 5.74) is 1.38. The Kier molecular flexibility index (Phi) is 7.32. The van der Waals surface area contributed by atoms with E-state index in [-0.39, 0.29) is 22.0 Å². The van der Waals surface area contributed by atoms with Crippen molar-refractivity contribution in [2.24, 2.45) is 0 Å². The molecule has 0 aliphatic carbocycles. The van der Waals surface area contributed by atoms with Gasteiger partial charge >= 0.3 is 11.9 Å². The highest BCUT2D eigenvalue weighted by atomic mass is 35.5. The summed E-state index contributed by atoms with van der Waals surface area (Å²) in [5, 5.41) is 0.675. The first kappa shape index (κ1) is 22.8. The second-order valence-corrected chi connectivity index (χ2v) is 7.24. The zero-order valence-electron chi connectivity index (χ0n) is 16.6. The minimum Gasteiger partial charge on any atom is -0.477 e. The maximum Gasteiger partial charge on any atom is 0.347 e. The van der Waals surface area contributed by atoms with Gasteiger partial charge in [0.15, 0.2) is 12.2 Å². The van der Waals surface area contributed by atoms with Crippen LogP contribution in [0.15, 0.2) is 18.2 Å². The van der Waals surface area contributed by atoms with Gasteiger partial charge in [0.2, 0.25) is 5.78 Å². The summed E-state index contributed by atoms with van der Waals surface area (Å²) in [6.45, 7) is 6.18. The number of halogens is 2. The third-order valence-electron chi connectivity index (χ3n) is 4.27. The van der Waals surface area contributed by atoms with Gasteiger partial charge in [0, 0.05) is 10.7 Å². The number of aromatic amines is 1. The van der Waals surface area contributed by atoms with Crippen molar-refractivity contribution < 1.29 is 28.6 Å². The van der Waals surface area contributed by atoms with Crippen LogP contribution in [0, 0.1) is 13.8 Å². The fourth-order valence-corrected chi connectivity index (χ4v) is 3.19. The molecule has 1 aromatic heterocycles. The average molecular weight is 442 g/mol. The van der Waals surface area contributed by atoms with E-state index in [0.29, 0.717) is 16.3 Å². The molecule has 2 atom stereocenters. The molecule has 0 saturated heterocycles. The molecule has 0 bridgehead atoms. The Bertz CT molecular complexity index is 953. The van der Waals surface area contributed by atoms with Crippen molar-refractivity contribution in [1.29, 1.82) is 0 Å². The van der Waals surface area contributed by atoms with E-state index in [0.717, 1.165) is 0 Å². The standard InChI is InChI=1S/C20H21Cl2NO6/c1-9-16(20(26)27-5)10(2)23-17(9)18(24)11(3)29-19(25)12(4)28-15-7-6-13(21)8-14(15)22/h6-8,11-12,23H,1-5H3. The van der Waals surface area contributed by atoms with Gasteiger partial charge in [0.05, 0.1) is 23.4 Å². The summed E-state index contributed by atoms with van der Waals surface area (Å²) in [6.07, 6.45) is -2.11. The summed E-state index contributed by atoms with van der Waals surface area (Å²) in [4.78, 5) is 39.8. The Balaban J connectivity index is 2.09. The van der Waals surface area contributed by atoms with Crippen LogP contribution in [0.5, 0.6) is 5.75 Å². The zero-order chi connectivity index (χ0) is 21.9. The van der Waals surface area contributed by atoms with Gasteiger partial charge in [-0.25, -0.2) is 9.59 Å². The van der Waals surface area contributed by atoms with Gasteiger partial charge in [-0.3, -0.25) is 4.79 Å². The number of aromatic nitrogens is 1. The third kappa shape index (κ3) is 5.10. The molecule has 2 unspecified atom stereocenters. The Hall–Kier alpha value is -2.51. The first-order valence-corrected chi connectivity index (χ1v) is 9.46. The highest BCUT2D eigenvalue weighted by molar-refractivity contribution is 6.35. The van der Waals surface area contributed by atoms with E-state index in [4.69, 9.17) is 37.4 Å². The lowest BCUT2D eigenvalue weighted by Crippen LogP contribution is -2.33.